The summed E-state index contributed by atoms with van der Waals surface area (Å²) in [6, 6.07) is 4.49. The van der Waals surface area contributed by atoms with E-state index in [1.165, 1.54) is 12.1 Å². The first-order valence-corrected chi connectivity index (χ1v) is 7.09. The first-order chi connectivity index (χ1) is 7.80. The fraction of sp³-hybridized carbons (Fsp3) is 0.417. The molecule has 2 nitrogen and oxygen atoms in total. The number of hydrogen-bond donors (Lipinski definition) is 0. The summed E-state index contributed by atoms with van der Waals surface area (Å²) in [5.41, 5.74) is 0.918. The third-order valence-corrected chi connectivity index (χ3v) is 4.15. The minimum atomic E-state index is -1.24. The highest BCUT2D eigenvalue weighted by atomic mass is 79.9. The van der Waals surface area contributed by atoms with Crippen molar-refractivity contribution >= 4 is 33.5 Å². The smallest absolute Gasteiger partial charge is 0.144 e. The van der Waals surface area contributed by atoms with Gasteiger partial charge in [0, 0.05) is 10.9 Å². The van der Waals surface area contributed by atoms with Gasteiger partial charge in [0.15, 0.2) is 0 Å². The van der Waals surface area contributed by atoms with Crippen LogP contribution in [0.25, 0.3) is 0 Å². The monoisotopic (exact) mass is 319 g/mol. The predicted octanol–water partition coefficient (Wildman–Crippen LogP) is 3.66. The molecule has 0 spiro atoms. The molecule has 0 aromatic heterocycles. The molecule has 0 aliphatic rings. The highest BCUT2D eigenvalue weighted by Crippen LogP contribution is 2.19. The van der Waals surface area contributed by atoms with Gasteiger partial charge in [0.05, 0.1) is 6.21 Å². The molecule has 0 saturated carbocycles. The molecule has 94 valence electrons. The second-order valence-corrected chi connectivity index (χ2v) is 7.38. The van der Waals surface area contributed by atoms with E-state index in [1.54, 1.807) is 12.3 Å². The quantitative estimate of drug-likeness (QED) is 0.618. The molecule has 0 fully saturated rings. The van der Waals surface area contributed by atoms with Gasteiger partial charge < -0.3 is 4.55 Å². The Morgan fingerprint density at radius 1 is 1.47 bits per heavy atom. The summed E-state index contributed by atoms with van der Waals surface area (Å²) >= 11 is 2.03. The van der Waals surface area contributed by atoms with E-state index in [2.05, 4.69) is 20.3 Å². The van der Waals surface area contributed by atoms with Crippen LogP contribution in [0.2, 0.25) is 0 Å². The molecule has 1 atom stereocenters. The molecule has 0 unspecified atom stereocenters. The SMILES string of the molecule is CC(C)(C)[S@@+]([O-])/N=C/Cc1ccc(F)cc1Br. The average Bonchev–Trinajstić information content (AvgIpc) is 2.19. The van der Waals surface area contributed by atoms with Gasteiger partial charge in [-0.15, -0.1) is 0 Å². The number of benzene rings is 1. The van der Waals surface area contributed by atoms with Crippen molar-refractivity contribution in [3.05, 3.63) is 34.1 Å². The first-order valence-electron chi connectivity index (χ1n) is 5.19. The summed E-state index contributed by atoms with van der Waals surface area (Å²) in [5.74, 6) is -0.282. The van der Waals surface area contributed by atoms with E-state index in [0.29, 0.717) is 10.9 Å². The van der Waals surface area contributed by atoms with Crippen LogP contribution in [-0.4, -0.2) is 15.5 Å². The Morgan fingerprint density at radius 3 is 2.65 bits per heavy atom. The zero-order valence-electron chi connectivity index (χ0n) is 10.0. The summed E-state index contributed by atoms with van der Waals surface area (Å²) in [6.45, 7) is 5.61. The Labute approximate surface area is 113 Å². The molecular formula is C12H15BrFNOS. The molecule has 0 aliphatic carbocycles. The standard InChI is InChI=1S/C12H15BrFNOS/c1-12(2,3)17(16)15-7-6-9-4-5-10(14)8-11(9)13/h4-5,7-8H,6H2,1-3H3/b15-7+/t17-/m1/s1. The molecule has 1 aromatic carbocycles. The number of nitrogens with zero attached hydrogens (tertiary/aromatic N) is 1. The highest BCUT2D eigenvalue weighted by molar-refractivity contribution is 9.10. The van der Waals surface area contributed by atoms with E-state index in [4.69, 9.17) is 0 Å². The molecule has 0 bridgehead atoms. The Hall–Kier alpha value is -0.390. The fourth-order valence-corrected chi connectivity index (χ4v) is 2.09. The maximum Gasteiger partial charge on any atom is 0.144 e. The van der Waals surface area contributed by atoms with Crippen molar-refractivity contribution in [3.63, 3.8) is 0 Å². The van der Waals surface area contributed by atoms with Crippen molar-refractivity contribution in [2.75, 3.05) is 0 Å². The molecule has 0 amide bonds. The van der Waals surface area contributed by atoms with Crippen LogP contribution in [-0.2, 0) is 17.8 Å². The van der Waals surface area contributed by atoms with Crippen LogP contribution < -0.4 is 0 Å². The average molecular weight is 320 g/mol. The number of rotatable bonds is 3. The highest BCUT2D eigenvalue weighted by Gasteiger charge is 2.25. The maximum atomic E-state index is 12.8. The molecule has 0 saturated heterocycles. The second kappa shape index (κ2) is 5.98. The topological polar surface area (TPSA) is 35.4 Å². The van der Waals surface area contributed by atoms with Crippen molar-refractivity contribution in [1.82, 2.24) is 0 Å². The lowest BCUT2D eigenvalue weighted by molar-refractivity contribution is 0.561. The van der Waals surface area contributed by atoms with Crippen LogP contribution in [0.1, 0.15) is 26.3 Å². The van der Waals surface area contributed by atoms with Crippen molar-refractivity contribution in [2.24, 2.45) is 4.40 Å². The van der Waals surface area contributed by atoms with Gasteiger partial charge in [0.1, 0.15) is 21.9 Å². The third-order valence-electron chi connectivity index (χ3n) is 2.02. The van der Waals surface area contributed by atoms with Crippen LogP contribution in [0.15, 0.2) is 27.1 Å². The summed E-state index contributed by atoms with van der Waals surface area (Å²) in [5, 5.41) is 0. The van der Waals surface area contributed by atoms with Crippen molar-refractivity contribution in [3.8, 4) is 0 Å². The van der Waals surface area contributed by atoms with Crippen molar-refractivity contribution in [1.29, 1.82) is 0 Å². The second-order valence-electron chi connectivity index (χ2n) is 4.59. The van der Waals surface area contributed by atoms with Crippen LogP contribution in [0.3, 0.4) is 0 Å². The van der Waals surface area contributed by atoms with Gasteiger partial charge in [-0.1, -0.05) is 26.4 Å². The van der Waals surface area contributed by atoms with Gasteiger partial charge in [-0.25, -0.2) is 4.39 Å². The van der Waals surface area contributed by atoms with E-state index in [1.807, 2.05) is 20.8 Å². The molecule has 0 N–H and O–H groups in total. The molecular weight excluding hydrogens is 305 g/mol. The summed E-state index contributed by atoms with van der Waals surface area (Å²) in [6.07, 6.45) is 2.14. The third kappa shape index (κ3) is 4.77. The minimum Gasteiger partial charge on any atom is -0.591 e. The fourth-order valence-electron chi connectivity index (χ4n) is 1.05. The van der Waals surface area contributed by atoms with E-state index in [9.17, 15) is 8.94 Å². The summed E-state index contributed by atoms with van der Waals surface area (Å²) < 4.78 is 28.8. The van der Waals surface area contributed by atoms with Gasteiger partial charge in [0.2, 0.25) is 0 Å². The van der Waals surface area contributed by atoms with Crippen molar-refractivity contribution in [2.45, 2.75) is 31.9 Å². The molecule has 0 heterocycles. The summed E-state index contributed by atoms with van der Waals surface area (Å²) in [4.78, 5) is 0. The number of halogens is 2. The van der Waals surface area contributed by atoms with E-state index < -0.39 is 11.4 Å². The molecule has 1 aromatic rings. The minimum absolute atomic E-state index is 0.282. The van der Waals surface area contributed by atoms with Crippen LogP contribution >= 0.6 is 15.9 Å². The lowest BCUT2D eigenvalue weighted by atomic mass is 10.2. The zero-order chi connectivity index (χ0) is 13.1. The Bertz CT molecular complexity index is 417. The Kier molecular flexibility index (Phi) is 5.16. The zero-order valence-corrected chi connectivity index (χ0v) is 12.4. The molecule has 0 aliphatic heterocycles. The number of hydrogen-bond acceptors (Lipinski definition) is 2. The van der Waals surface area contributed by atoms with Gasteiger partial charge in [0.25, 0.3) is 0 Å². The summed E-state index contributed by atoms with van der Waals surface area (Å²) in [7, 11) is 0. The van der Waals surface area contributed by atoms with Crippen LogP contribution in [0, 0.1) is 5.82 Å². The Balaban J connectivity index is 2.65. The lowest BCUT2D eigenvalue weighted by Gasteiger charge is -2.17. The lowest BCUT2D eigenvalue weighted by Crippen LogP contribution is -2.25. The normalized spacial score (nSPS) is 14.2. The first kappa shape index (κ1) is 14.7. The van der Waals surface area contributed by atoms with Gasteiger partial charge in [-0.3, -0.25) is 0 Å². The van der Waals surface area contributed by atoms with Gasteiger partial charge in [-0.2, -0.15) is 0 Å². The van der Waals surface area contributed by atoms with E-state index in [-0.39, 0.29) is 10.6 Å². The van der Waals surface area contributed by atoms with Crippen molar-refractivity contribution < 1.29 is 8.94 Å². The van der Waals surface area contributed by atoms with Crippen LogP contribution in [0.5, 0.6) is 0 Å². The Morgan fingerprint density at radius 2 is 2.12 bits per heavy atom. The molecule has 1 rings (SSSR count). The van der Waals surface area contributed by atoms with E-state index in [0.717, 1.165) is 5.56 Å². The molecule has 5 heteroatoms. The maximum absolute atomic E-state index is 12.8. The molecule has 17 heavy (non-hydrogen) atoms. The van der Waals surface area contributed by atoms with Gasteiger partial charge in [-0.05, 0) is 38.5 Å². The largest absolute Gasteiger partial charge is 0.591 e. The molecule has 0 radical (unpaired) electrons. The van der Waals surface area contributed by atoms with E-state index >= 15 is 0 Å². The van der Waals surface area contributed by atoms with Gasteiger partial charge >= 0.3 is 0 Å². The van der Waals surface area contributed by atoms with Crippen LogP contribution in [0.4, 0.5) is 4.39 Å². The predicted molar refractivity (Wildman–Crippen MR) is 74.2 cm³/mol.